The molecule has 0 aliphatic carbocycles. The summed E-state index contributed by atoms with van der Waals surface area (Å²) in [5, 5.41) is 6.97. The van der Waals surface area contributed by atoms with Crippen molar-refractivity contribution >= 4 is 50.3 Å². The van der Waals surface area contributed by atoms with E-state index in [-0.39, 0.29) is 17.0 Å². The molecular weight excluding hydrogens is 473 g/mol. The molecule has 0 radical (unpaired) electrons. The number of nitrogens with zero attached hydrogens (tertiary/aromatic N) is 3. The molecule has 0 spiro atoms. The van der Waals surface area contributed by atoms with Gasteiger partial charge in [0, 0.05) is 40.8 Å². The van der Waals surface area contributed by atoms with Gasteiger partial charge < -0.3 is 5.32 Å². The van der Waals surface area contributed by atoms with Gasteiger partial charge in [0.25, 0.3) is 0 Å². The van der Waals surface area contributed by atoms with Gasteiger partial charge in [-0.3, -0.25) is 9.48 Å². The zero-order valence-corrected chi connectivity index (χ0v) is 19.9. The molecule has 1 saturated heterocycles. The number of hydrogen-bond donors (Lipinski definition) is 2. The highest BCUT2D eigenvalue weighted by Gasteiger charge is 2.38. The SMILES string of the molecule is C=S1(=O)N[C@@H](c2ccc(-c3cnn(CC)c3)s2)C[C@@H](C(=O)Nc2ccc(F)c(Cl)c2)N1C. The maximum atomic E-state index is 13.4. The molecule has 3 aromatic rings. The molecule has 3 atom stereocenters. The Labute approximate surface area is 195 Å². The molecular formula is C21H23ClFN5O2S2. The number of likely N-dealkylation sites (N-methyl/N-ethyl adjacent to an activating group) is 1. The van der Waals surface area contributed by atoms with E-state index in [1.807, 2.05) is 36.1 Å². The fourth-order valence-corrected chi connectivity index (χ4v) is 6.26. The van der Waals surface area contributed by atoms with E-state index in [9.17, 15) is 13.4 Å². The predicted molar refractivity (Wildman–Crippen MR) is 129 cm³/mol. The predicted octanol–water partition coefficient (Wildman–Crippen LogP) is 3.94. The van der Waals surface area contributed by atoms with Gasteiger partial charge in [-0.05, 0) is 49.5 Å². The molecule has 11 heteroatoms. The molecule has 2 N–H and O–H groups in total. The van der Waals surface area contributed by atoms with Crippen LogP contribution in [0.3, 0.4) is 0 Å². The van der Waals surface area contributed by atoms with Crippen molar-refractivity contribution in [1.82, 2.24) is 18.8 Å². The quantitative estimate of drug-likeness (QED) is 0.526. The van der Waals surface area contributed by atoms with Crippen LogP contribution in [0.25, 0.3) is 10.4 Å². The van der Waals surface area contributed by atoms with Crippen LogP contribution in [0.5, 0.6) is 0 Å². The second-order valence-electron chi connectivity index (χ2n) is 7.51. The van der Waals surface area contributed by atoms with Crippen molar-refractivity contribution in [2.24, 2.45) is 0 Å². The van der Waals surface area contributed by atoms with Crippen LogP contribution < -0.4 is 10.0 Å². The Morgan fingerprint density at radius 1 is 1.44 bits per heavy atom. The van der Waals surface area contributed by atoms with Gasteiger partial charge in [-0.15, -0.1) is 11.3 Å². The number of anilines is 1. The first-order valence-corrected chi connectivity index (χ1v) is 12.8. The lowest BCUT2D eigenvalue weighted by Crippen LogP contribution is -2.55. The molecule has 3 heterocycles. The van der Waals surface area contributed by atoms with Crippen LogP contribution in [0.4, 0.5) is 10.1 Å². The molecule has 1 amide bonds. The summed E-state index contributed by atoms with van der Waals surface area (Å²) in [4.78, 5) is 15.0. The lowest BCUT2D eigenvalue weighted by molar-refractivity contribution is -0.120. The maximum Gasteiger partial charge on any atom is 0.242 e. The van der Waals surface area contributed by atoms with Gasteiger partial charge in [0.05, 0.1) is 27.2 Å². The summed E-state index contributed by atoms with van der Waals surface area (Å²) in [7, 11) is -1.29. The van der Waals surface area contributed by atoms with Gasteiger partial charge >= 0.3 is 0 Å². The average Bonchev–Trinajstić information content (AvgIpc) is 3.42. The fraction of sp³-hybridized carbons (Fsp3) is 0.286. The van der Waals surface area contributed by atoms with E-state index in [0.29, 0.717) is 12.1 Å². The van der Waals surface area contributed by atoms with Crippen molar-refractivity contribution in [3.05, 3.63) is 58.4 Å². The zero-order valence-electron chi connectivity index (χ0n) is 17.5. The molecule has 170 valence electrons. The molecule has 0 bridgehead atoms. The monoisotopic (exact) mass is 495 g/mol. The summed E-state index contributed by atoms with van der Waals surface area (Å²) < 4.78 is 33.0. The molecule has 0 saturated carbocycles. The first-order valence-electron chi connectivity index (χ1n) is 9.94. The minimum atomic E-state index is -2.89. The highest BCUT2D eigenvalue weighted by Crippen LogP contribution is 2.36. The number of rotatable bonds is 5. The third-order valence-electron chi connectivity index (χ3n) is 5.39. The summed E-state index contributed by atoms with van der Waals surface area (Å²) in [6.07, 6.45) is 4.18. The van der Waals surface area contributed by atoms with Crippen LogP contribution in [0.1, 0.15) is 24.3 Å². The van der Waals surface area contributed by atoms with E-state index < -0.39 is 21.8 Å². The van der Waals surface area contributed by atoms with Gasteiger partial charge in [0.1, 0.15) is 11.9 Å². The molecule has 4 rings (SSSR count). The first kappa shape index (κ1) is 22.9. The van der Waals surface area contributed by atoms with Crippen molar-refractivity contribution < 1.29 is 13.4 Å². The van der Waals surface area contributed by atoms with Gasteiger partial charge in [-0.25, -0.2) is 17.6 Å². The van der Waals surface area contributed by atoms with Crippen LogP contribution in [-0.4, -0.2) is 43.2 Å². The maximum absolute atomic E-state index is 13.4. The number of aromatic nitrogens is 2. The summed E-state index contributed by atoms with van der Waals surface area (Å²) in [5.41, 5.74) is 1.38. The van der Waals surface area contributed by atoms with Crippen LogP contribution in [0, 0.1) is 5.82 Å². The van der Waals surface area contributed by atoms with Crippen molar-refractivity contribution in [3.8, 4) is 10.4 Å². The number of amides is 1. The third-order valence-corrected chi connectivity index (χ3v) is 8.77. The topological polar surface area (TPSA) is 79.3 Å². The first-order chi connectivity index (χ1) is 15.2. The van der Waals surface area contributed by atoms with Crippen molar-refractivity contribution in [2.75, 3.05) is 12.4 Å². The van der Waals surface area contributed by atoms with E-state index in [1.165, 1.54) is 22.5 Å². The molecule has 1 aliphatic rings. The Balaban J connectivity index is 1.56. The molecule has 32 heavy (non-hydrogen) atoms. The Kier molecular flexibility index (Phi) is 6.42. The number of carbonyl (C=O) groups is 1. The molecule has 1 fully saturated rings. The van der Waals surface area contributed by atoms with Crippen LogP contribution in [0.15, 0.2) is 42.7 Å². The lowest BCUT2D eigenvalue weighted by atomic mass is 10.1. The number of nitrogens with one attached hydrogen (secondary N) is 2. The van der Waals surface area contributed by atoms with Crippen LogP contribution in [0.2, 0.25) is 5.02 Å². The second kappa shape index (κ2) is 8.95. The Hall–Kier alpha value is -2.24. The lowest BCUT2D eigenvalue weighted by Gasteiger charge is -2.39. The van der Waals surface area contributed by atoms with Gasteiger partial charge in [0.2, 0.25) is 5.91 Å². The van der Waals surface area contributed by atoms with Crippen LogP contribution in [-0.2, 0) is 21.2 Å². The van der Waals surface area contributed by atoms with Crippen molar-refractivity contribution in [3.63, 3.8) is 0 Å². The number of hydrogen-bond acceptors (Lipinski definition) is 4. The second-order valence-corrected chi connectivity index (χ2v) is 11.1. The standard InChI is InChI=1S/C21H23ClFN5O2S2/c1-4-28-12-13(11-24-28)19-7-8-20(31-19)17-10-18(27(2)32(3,30)26-17)21(29)25-14-5-6-16(23)15(22)9-14/h5-9,11-12,17-18H,3-4,10H2,1-2H3,(H,25,29)(H,26,30)/t17-,18+,32?/m1/s1. The highest BCUT2D eigenvalue weighted by atomic mass is 35.5. The largest absolute Gasteiger partial charge is 0.325 e. The summed E-state index contributed by atoms with van der Waals surface area (Å²) in [6, 6.07) is 6.91. The number of carbonyl (C=O) groups excluding carboxylic acids is 1. The fourth-order valence-electron chi connectivity index (χ4n) is 3.54. The van der Waals surface area contributed by atoms with E-state index >= 15 is 0 Å². The minimum Gasteiger partial charge on any atom is -0.325 e. The van der Waals surface area contributed by atoms with Crippen molar-refractivity contribution in [2.45, 2.75) is 32.0 Å². The summed E-state index contributed by atoms with van der Waals surface area (Å²) in [5.74, 6) is 2.89. The summed E-state index contributed by atoms with van der Waals surface area (Å²) in [6.45, 7) is 2.81. The van der Waals surface area contributed by atoms with E-state index in [4.69, 9.17) is 11.6 Å². The molecule has 1 aliphatic heterocycles. The average molecular weight is 496 g/mol. The Morgan fingerprint density at radius 3 is 2.91 bits per heavy atom. The van der Waals surface area contributed by atoms with Gasteiger partial charge in [-0.1, -0.05) is 11.6 Å². The smallest absolute Gasteiger partial charge is 0.242 e. The number of thiophene rings is 1. The number of aryl methyl sites for hydroxylation is 1. The van der Waals surface area contributed by atoms with E-state index in [2.05, 4.69) is 21.0 Å². The van der Waals surface area contributed by atoms with E-state index in [1.54, 1.807) is 18.4 Å². The Morgan fingerprint density at radius 2 is 2.22 bits per heavy atom. The number of halogens is 2. The molecule has 2 aromatic heterocycles. The minimum absolute atomic E-state index is 0.0854. The summed E-state index contributed by atoms with van der Waals surface area (Å²) >= 11 is 7.38. The van der Waals surface area contributed by atoms with Gasteiger partial charge in [0.15, 0.2) is 0 Å². The Bertz CT molecular complexity index is 1260. The molecule has 7 nitrogen and oxygen atoms in total. The van der Waals surface area contributed by atoms with Gasteiger partial charge in [-0.2, -0.15) is 5.10 Å². The van der Waals surface area contributed by atoms with E-state index in [0.717, 1.165) is 21.9 Å². The van der Waals surface area contributed by atoms with Crippen LogP contribution >= 0.6 is 22.9 Å². The molecule has 1 aromatic carbocycles. The zero-order chi connectivity index (χ0) is 23.0. The molecule has 1 unspecified atom stereocenters. The van der Waals surface area contributed by atoms with Crippen molar-refractivity contribution in [1.29, 1.82) is 0 Å². The normalized spacial score (nSPS) is 23.9. The number of benzene rings is 1. The third kappa shape index (κ3) is 4.60. The highest BCUT2D eigenvalue weighted by molar-refractivity contribution is 7.96.